The Balaban J connectivity index is 2.39. The van der Waals surface area contributed by atoms with Gasteiger partial charge in [0.05, 0.1) is 0 Å². The quantitative estimate of drug-likeness (QED) is 0.871. The minimum atomic E-state index is -4.99. The number of aliphatic hydroxyl groups is 1. The number of rotatable bonds is 3. The summed E-state index contributed by atoms with van der Waals surface area (Å²) in [7, 11) is 0. The minimum absolute atomic E-state index is 0.0207. The van der Waals surface area contributed by atoms with E-state index in [-0.39, 0.29) is 16.3 Å². The van der Waals surface area contributed by atoms with Crippen molar-refractivity contribution in [1.29, 1.82) is 0 Å². The molecule has 0 aliphatic carbocycles. The van der Waals surface area contributed by atoms with Crippen molar-refractivity contribution in [3.8, 4) is 0 Å². The van der Waals surface area contributed by atoms with Crippen LogP contribution in [0.5, 0.6) is 0 Å². The number of hydrogen-bond acceptors (Lipinski definition) is 3. The van der Waals surface area contributed by atoms with Crippen molar-refractivity contribution in [3.05, 3.63) is 34.3 Å². The Kier molecular flexibility index (Phi) is 4.62. The maximum atomic E-state index is 13.2. The third-order valence-corrected chi connectivity index (χ3v) is 3.85. The fraction of sp³-hybridized carbons (Fsp3) is 0.429. The molecule has 0 saturated carbocycles. The number of hydrogen-bond donors (Lipinski definition) is 1. The van der Waals surface area contributed by atoms with E-state index in [1.807, 2.05) is 0 Å². The second-order valence-corrected chi connectivity index (χ2v) is 5.95. The lowest BCUT2D eigenvalue weighted by Gasteiger charge is -2.32. The van der Waals surface area contributed by atoms with E-state index in [0.717, 1.165) is 0 Å². The Bertz CT molecular complexity index is 601. The number of carbonyl (C=O) groups is 1. The first-order valence-corrected chi connectivity index (χ1v) is 7.44. The van der Waals surface area contributed by atoms with Crippen molar-refractivity contribution < 1.29 is 23.1 Å². The first kappa shape index (κ1) is 17.0. The molecule has 0 saturated heterocycles. The molecule has 1 atom stereocenters. The van der Waals surface area contributed by atoms with Crippen LogP contribution in [0.25, 0.3) is 0 Å². The smallest absolute Gasteiger partial charge is 0.362 e. The molecule has 1 aliphatic rings. The molecule has 0 spiro atoms. The lowest BCUT2D eigenvalue weighted by molar-refractivity contribution is -0.297. The van der Waals surface area contributed by atoms with E-state index in [0.29, 0.717) is 17.3 Å². The van der Waals surface area contributed by atoms with Crippen LogP contribution in [-0.2, 0) is 0 Å². The summed E-state index contributed by atoms with van der Waals surface area (Å²) in [6, 6.07) is 5.81. The third kappa shape index (κ3) is 3.03. The topological polar surface area (TPSA) is 52.9 Å². The summed E-state index contributed by atoms with van der Waals surface area (Å²) in [5.41, 5.74) is -3.11. The molecule has 1 aliphatic heterocycles. The van der Waals surface area contributed by atoms with Crippen molar-refractivity contribution >= 4 is 27.5 Å². The number of alkyl halides is 3. The second-order valence-electron chi connectivity index (χ2n) is 5.03. The summed E-state index contributed by atoms with van der Waals surface area (Å²) >= 11 is 3.18. The Morgan fingerprint density at radius 2 is 2.00 bits per heavy atom. The first-order chi connectivity index (χ1) is 10.2. The number of halogens is 4. The largest absolute Gasteiger partial charge is 0.438 e. The molecule has 8 heteroatoms. The van der Waals surface area contributed by atoms with Gasteiger partial charge in [-0.05, 0) is 30.7 Å². The van der Waals surface area contributed by atoms with E-state index in [9.17, 15) is 23.1 Å². The van der Waals surface area contributed by atoms with Crippen LogP contribution in [0.4, 0.5) is 13.2 Å². The highest BCUT2D eigenvalue weighted by Crippen LogP contribution is 2.41. The zero-order valence-electron chi connectivity index (χ0n) is 11.7. The summed E-state index contributed by atoms with van der Waals surface area (Å²) in [6.45, 7) is 1.79. The average molecular weight is 379 g/mol. The lowest BCUT2D eigenvalue weighted by atomic mass is 10.0. The van der Waals surface area contributed by atoms with Crippen LogP contribution in [-0.4, -0.2) is 33.6 Å². The van der Waals surface area contributed by atoms with Crippen molar-refractivity contribution in [3.63, 3.8) is 0 Å². The molecule has 1 aromatic rings. The van der Waals surface area contributed by atoms with Crippen LogP contribution in [0.1, 0.15) is 36.5 Å². The van der Waals surface area contributed by atoms with Gasteiger partial charge in [-0.3, -0.25) is 4.79 Å². The molecular formula is C14H14BrF3N2O2. The monoisotopic (exact) mass is 378 g/mol. The highest BCUT2D eigenvalue weighted by molar-refractivity contribution is 9.10. The first-order valence-electron chi connectivity index (χ1n) is 6.64. The maximum absolute atomic E-state index is 13.2. The van der Waals surface area contributed by atoms with Crippen molar-refractivity contribution in [1.82, 2.24) is 5.01 Å². The summed E-state index contributed by atoms with van der Waals surface area (Å²) < 4.78 is 40.4. The van der Waals surface area contributed by atoms with E-state index in [2.05, 4.69) is 21.0 Å². The van der Waals surface area contributed by atoms with Gasteiger partial charge in [-0.1, -0.05) is 29.3 Å². The molecular weight excluding hydrogens is 365 g/mol. The van der Waals surface area contributed by atoms with E-state index in [4.69, 9.17) is 0 Å². The fourth-order valence-corrected chi connectivity index (χ4v) is 2.46. The Labute approximate surface area is 133 Å². The SMILES string of the molecule is CCCC1=NN(C(=O)c2ccc(Br)cc2)[C@](O)(C(F)(F)F)C1. The number of nitrogens with zero attached hydrogens (tertiary/aromatic N) is 2. The molecule has 0 radical (unpaired) electrons. The standard InChI is InChI=1S/C14H14BrF3N2O2/c1-2-3-11-8-13(22,14(16,17)18)20(19-11)12(21)9-4-6-10(15)7-5-9/h4-7,22H,2-3,8H2,1H3/t13-/m1/s1. The Morgan fingerprint density at radius 1 is 1.41 bits per heavy atom. The lowest BCUT2D eigenvalue weighted by Crippen LogP contribution is -2.56. The van der Waals surface area contributed by atoms with Crippen molar-refractivity contribution in [2.45, 2.75) is 38.1 Å². The summed E-state index contributed by atoms with van der Waals surface area (Å²) in [4.78, 5) is 12.3. The van der Waals surface area contributed by atoms with Gasteiger partial charge in [0.2, 0.25) is 0 Å². The molecule has 0 unspecified atom stereocenters. The molecule has 1 heterocycles. The van der Waals surface area contributed by atoms with Gasteiger partial charge in [0, 0.05) is 22.2 Å². The number of benzene rings is 1. The van der Waals surface area contributed by atoms with Gasteiger partial charge in [0.1, 0.15) is 0 Å². The van der Waals surface area contributed by atoms with E-state index in [1.165, 1.54) is 24.3 Å². The summed E-state index contributed by atoms with van der Waals surface area (Å²) in [5, 5.41) is 13.9. The van der Waals surface area contributed by atoms with Gasteiger partial charge < -0.3 is 5.11 Å². The Morgan fingerprint density at radius 3 is 2.50 bits per heavy atom. The van der Waals surface area contributed by atoms with E-state index in [1.54, 1.807) is 6.92 Å². The van der Waals surface area contributed by atoms with Crippen LogP contribution in [0.2, 0.25) is 0 Å². The van der Waals surface area contributed by atoms with Crippen LogP contribution in [0, 0.1) is 0 Å². The maximum Gasteiger partial charge on any atom is 0.438 e. The molecule has 1 aromatic carbocycles. The van der Waals surface area contributed by atoms with E-state index < -0.39 is 24.2 Å². The third-order valence-electron chi connectivity index (χ3n) is 3.32. The molecule has 1 amide bonds. The van der Waals surface area contributed by atoms with Crippen LogP contribution >= 0.6 is 15.9 Å². The molecule has 120 valence electrons. The number of amides is 1. The van der Waals surface area contributed by atoms with Crippen molar-refractivity contribution in [2.75, 3.05) is 0 Å². The zero-order valence-corrected chi connectivity index (χ0v) is 13.3. The predicted octanol–water partition coefficient (Wildman–Crippen LogP) is 3.70. The van der Waals surface area contributed by atoms with Gasteiger partial charge in [0.25, 0.3) is 11.6 Å². The molecule has 0 bridgehead atoms. The normalized spacial score (nSPS) is 21.9. The van der Waals surface area contributed by atoms with Gasteiger partial charge in [0.15, 0.2) is 0 Å². The molecule has 4 nitrogen and oxygen atoms in total. The highest BCUT2D eigenvalue weighted by Gasteiger charge is 2.63. The summed E-state index contributed by atoms with van der Waals surface area (Å²) in [6.07, 6.45) is -4.83. The second kappa shape index (κ2) is 6.00. The average Bonchev–Trinajstić information content (AvgIpc) is 2.77. The predicted molar refractivity (Wildman–Crippen MR) is 78.3 cm³/mol. The van der Waals surface area contributed by atoms with Gasteiger partial charge in [-0.15, -0.1) is 0 Å². The summed E-state index contributed by atoms with van der Waals surface area (Å²) in [5.74, 6) is -0.988. The minimum Gasteiger partial charge on any atom is -0.362 e. The number of carbonyl (C=O) groups excluding carboxylic acids is 1. The van der Waals surface area contributed by atoms with Gasteiger partial charge in [-0.2, -0.15) is 23.3 Å². The van der Waals surface area contributed by atoms with Crippen LogP contribution < -0.4 is 0 Å². The molecule has 2 rings (SSSR count). The fourth-order valence-electron chi connectivity index (χ4n) is 2.19. The van der Waals surface area contributed by atoms with E-state index >= 15 is 0 Å². The molecule has 22 heavy (non-hydrogen) atoms. The zero-order chi connectivity index (χ0) is 16.5. The van der Waals surface area contributed by atoms with Crippen molar-refractivity contribution in [2.24, 2.45) is 5.10 Å². The molecule has 0 aromatic heterocycles. The highest BCUT2D eigenvalue weighted by atomic mass is 79.9. The van der Waals surface area contributed by atoms with Gasteiger partial charge >= 0.3 is 6.18 Å². The van der Waals surface area contributed by atoms with Crippen LogP contribution in [0.3, 0.4) is 0 Å². The molecule has 0 fully saturated rings. The Hall–Kier alpha value is -1.41. The van der Waals surface area contributed by atoms with Gasteiger partial charge in [-0.25, -0.2) is 0 Å². The molecule has 1 N–H and O–H groups in total. The van der Waals surface area contributed by atoms with Crippen LogP contribution in [0.15, 0.2) is 33.8 Å². The number of hydrazone groups is 1.